The molecule has 0 spiro atoms. The van der Waals surface area contributed by atoms with E-state index in [1.807, 2.05) is 18.2 Å². The van der Waals surface area contributed by atoms with Gasteiger partial charge in [0.25, 0.3) is 0 Å². The molecular weight excluding hydrogens is 324 g/mol. The molecule has 134 valence electrons. The maximum absolute atomic E-state index is 12.1. The minimum absolute atomic E-state index is 0.0790. The molecule has 0 radical (unpaired) electrons. The molecule has 4 rings (SSSR count). The van der Waals surface area contributed by atoms with Gasteiger partial charge in [-0.3, -0.25) is 10.1 Å². The van der Waals surface area contributed by atoms with Gasteiger partial charge < -0.3 is 19.5 Å². The second-order valence-corrected chi connectivity index (χ2v) is 6.77. The van der Waals surface area contributed by atoms with Crippen molar-refractivity contribution in [1.29, 1.82) is 0 Å². The maximum atomic E-state index is 12.1. The molecule has 2 heterocycles. The topological polar surface area (TPSA) is 85.9 Å². The molecule has 2 saturated heterocycles. The lowest BCUT2D eigenvalue weighted by atomic mass is 9.84. The summed E-state index contributed by atoms with van der Waals surface area (Å²) in [6.07, 6.45) is 1.42. The summed E-state index contributed by atoms with van der Waals surface area (Å²) in [5.74, 6) is 0.208. The van der Waals surface area contributed by atoms with Gasteiger partial charge in [0.1, 0.15) is 12.2 Å². The van der Waals surface area contributed by atoms with E-state index in [1.54, 1.807) is 12.1 Å². The summed E-state index contributed by atoms with van der Waals surface area (Å²) < 4.78 is 16.9. The Bertz CT molecular complexity index is 634. The molecule has 1 saturated carbocycles. The van der Waals surface area contributed by atoms with Crippen molar-refractivity contribution in [2.45, 2.75) is 43.6 Å². The van der Waals surface area contributed by atoms with E-state index in [2.05, 4.69) is 10.6 Å². The number of ether oxygens (including phenoxy) is 3. The van der Waals surface area contributed by atoms with Crippen molar-refractivity contribution in [3.05, 3.63) is 30.3 Å². The molecule has 0 aromatic heterocycles. The molecule has 2 amide bonds. The largest absolute Gasteiger partial charge is 0.441 e. The molecule has 7 nitrogen and oxygen atoms in total. The average Bonchev–Trinajstić information content (AvgIpc) is 3.11. The van der Waals surface area contributed by atoms with Crippen LogP contribution in [-0.4, -0.2) is 49.6 Å². The molecule has 3 fully saturated rings. The Kier molecular flexibility index (Phi) is 4.59. The molecule has 7 heteroatoms. The van der Waals surface area contributed by atoms with E-state index < -0.39 is 12.2 Å². The van der Waals surface area contributed by atoms with Gasteiger partial charge >= 0.3 is 6.09 Å². The van der Waals surface area contributed by atoms with Gasteiger partial charge in [-0.05, 0) is 25.0 Å². The molecule has 2 aliphatic heterocycles. The number of hydrogen-bond acceptors (Lipinski definition) is 5. The molecule has 4 atom stereocenters. The van der Waals surface area contributed by atoms with E-state index in [-0.39, 0.29) is 36.7 Å². The Labute approximate surface area is 146 Å². The fourth-order valence-corrected chi connectivity index (χ4v) is 3.47. The number of para-hydroxylation sites is 1. The number of rotatable bonds is 4. The van der Waals surface area contributed by atoms with Crippen molar-refractivity contribution < 1.29 is 23.8 Å². The molecule has 2 N–H and O–H groups in total. The fourth-order valence-electron chi connectivity index (χ4n) is 3.47. The van der Waals surface area contributed by atoms with Crippen molar-refractivity contribution in [3.8, 4) is 0 Å². The van der Waals surface area contributed by atoms with E-state index in [0.717, 1.165) is 19.3 Å². The van der Waals surface area contributed by atoms with Crippen molar-refractivity contribution in [2.75, 3.05) is 18.5 Å². The van der Waals surface area contributed by atoms with Crippen LogP contribution in [0.1, 0.15) is 19.3 Å². The van der Waals surface area contributed by atoms with Gasteiger partial charge in [-0.25, -0.2) is 4.79 Å². The van der Waals surface area contributed by atoms with Crippen LogP contribution in [0.15, 0.2) is 30.3 Å². The normalized spacial score (nSPS) is 31.0. The Morgan fingerprint density at radius 3 is 2.52 bits per heavy atom. The lowest BCUT2D eigenvalue weighted by Crippen LogP contribution is -2.47. The third-order valence-corrected chi connectivity index (χ3v) is 5.09. The predicted molar refractivity (Wildman–Crippen MR) is 89.1 cm³/mol. The lowest BCUT2D eigenvalue weighted by Gasteiger charge is -2.27. The van der Waals surface area contributed by atoms with Crippen molar-refractivity contribution in [2.24, 2.45) is 5.92 Å². The van der Waals surface area contributed by atoms with Crippen molar-refractivity contribution in [3.63, 3.8) is 0 Å². The van der Waals surface area contributed by atoms with Crippen LogP contribution in [0.3, 0.4) is 0 Å². The Morgan fingerprint density at radius 2 is 1.80 bits per heavy atom. The van der Waals surface area contributed by atoms with Crippen LogP contribution in [0.2, 0.25) is 0 Å². The third-order valence-electron chi connectivity index (χ3n) is 5.09. The van der Waals surface area contributed by atoms with E-state index in [1.165, 1.54) is 0 Å². The highest BCUT2D eigenvalue weighted by Gasteiger charge is 2.50. The van der Waals surface area contributed by atoms with E-state index >= 15 is 0 Å². The zero-order valence-corrected chi connectivity index (χ0v) is 13.9. The lowest BCUT2D eigenvalue weighted by molar-refractivity contribution is -0.128. The number of amides is 2. The first kappa shape index (κ1) is 16.4. The standard InChI is InChI=1S/C18H22N2O5/c21-17(11-5-4-6-11)20-13-9-23-16-14(10-24-15(13)16)25-18(22)19-12-7-2-1-3-8-12/h1-3,7-8,11,13-16H,4-6,9-10H2,(H,19,22)(H,20,21)/t13-,14+,15+,16+/m0/s1. The zero-order valence-electron chi connectivity index (χ0n) is 13.9. The summed E-state index contributed by atoms with van der Waals surface area (Å²) in [5, 5.41) is 5.70. The van der Waals surface area contributed by atoms with Crippen LogP contribution in [0.4, 0.5) is 10.5 Å². The van der Waals surface area contributed by atoms with Crippen LogP contribution in [0, 0.1) is 5.92 Å². The number of fused-ring (bicyclic) bond motifs is 1. The second kappa shape index (κ2) is 7.01. The highest BCUT2D eigenvalue weighted by Crippen LogP contribution is 2.31. The van der Waals surface area contributed by atoms with Crippen LogP contribution < -0.4 is 10.6 Å². The van der Waals surface area contributed by atoms with Gasteiger partial charge in [-0.15, -0.1) is 0 Å². The number of anilines is 1. The summed E-state index contributed by atoms with van der Waals surface area (Å²) in [6, 6.07) is 8.93. The molecule has 0 bridgehead atoms. The van der Waals surface area contributed by atoms with Crippen molar-refractivity contribution in [1.82, 2.24) is 5.32 Å². The molecule has 0 unspecified atom stereocenters. The molecular formula is C18H22N2O5. The summed E-state index contributed by atoms with van der Waals surface area (Å²) in [5.41, 5.74) is 0.668. The van der Waals surface area contributed by atoms with Gasteiger partial charge in [-0.2, -0.15) is 0 Å². The van der Waals surface area contributed by atoms with Gasteiger partial charge in [0.2, 0.25) is 5.91 Å². The van der Waals surface area contributed by atoms with E-state index in [4.69, 9.17) is 14.2 Å². The van der Waals surface area contributed by atoms with Crippen LogP contribution >= 0.6 is 0 Å². The molecule has 1 aromatic rings. The van der Waals surface area contributed by atoms with Gasteiger partial charge in [0.05, 0.1) is 19.3 Å². The highest BCUT2D eigenvalue weighted by atomic mass is 16.6. The van der Waals surface area contributed by atoms with Crippen molar-refractivity contribution >= 4 is 17.7 Å². The molecule has 1 aliphatic carbocycles. The monoisotopic (exact) mass is 346 g/mol. The summed E-state index contributed by atoms with van der Waals surface area (Å²) in [6.45, 7) is 0.654. The van der Waals surface area contributed by atoms with Gasteiger partial charge in [0, 0.05) is 11.6 Å². The maximum Gasteiger partial charge on any atom is 0.412 e. The van der Waals surface area contributed by atoms with Crippen LogP contribution in [0.25, 0.3) is 0 Å². The first-order valence-corrected chi connectivity index (χ1v) is 8.77. The first-order chi connectivity index (χ1) is 12.2. The summed E-state index contributed by atoms with van der Waals surface area (Å²) in [4.78, 5) is 24.2. The minimum Gasteiger partial charge on any atom is -0.441 e. The third kappa shape index (κ3) is 3.48. The van der Waals surface area contributed by atoms with Gasteiger partial charge in [-0.1, -0.05) is 24.6 Å². The average molecular weight is 346 g/mol. The number of carbonyl (C=O) groups is 2. The molecule has 25 heavy (non-hydrogen) atoms. The zero-order chi connectivity index (χ0) is 17.2. The number of nitrogens with one attached hydrogen (secondary N) is 2. The number of carbonyl (C=O) groups excluding carboxylic acids is 2. The quantitative estimate of drug-likeness (QED) is 0.866. The Hall–Kier alpha value is -2.12. The summed E-state index contributed by atoms with van der Waals surface area (Å²) >= 11 is 0. The number of benzene rings is 1. The Balaban J connectivity index is 1.29. The smallest absolute Gasteiger partial charge is 0.412 e. The SMILES string of the molecule is O=C(Nc1ccccc1)O[C@@H]1CO[C@H]2[C@@H]1OC[C@@H]2NC(=O)C1CCC1. The van der Waals surface area contributed by atoms with E-state index in [0.29, 0.717) is 12.3 Å². The summed E-state index contributed by atoms with van der Waals surface area (Å²) in [7, 11) is 0. The minimum atomic E-state index is -0.536. The first-order valence-electron chi connectivity index (χ1n) is 8.77. The predicted octanol–water partition coefficient (Wildman–Crippen LogP) is 1.69. The fraction of sp³-hybridized carbons (Fsp3) is 0.556. The Morgan fingerprint density at radius 1 is 1.04 bits per heavy atom. The molecule has 1 aromatic carbocycles. The van der Waals surface area contributed by atoms with E-state index in [9.17, 15) is 9.59 Å². The second-order valence-electron chi connectivity index (χ2n) is 6.77. The highest BCUT2D eigenvalue weighted by molar-refractivity contribution is 5.84. The van der Waals surface area contributed by atoms with Gasteiger partial charge in [0.15, 0.2) is 6.10 Å². The van der Waals surface area contributed by atoms with Crippen LogP contribution in [-0.2, 0) is 19.0 Å². The number of hydrogen-bond donors (Lipinski definition) is 2. The molecule has 3 aliphatic rings. The van der Waals surface area contributed by atoms with Crippen LogP contribution in [0.5, 0.6) is 0 Å².